The highest BCUT2D eigenvalue weighted by molar-refractivity contribution is 5.94. The fourth-order valence-corrected chi connectivity index (χ4v) is 2.59. The molecule has 0 radical (unpaired) electrons. The third-order valence-electron chi connectivity index (χ3n) is 3.82. The van der Waals surface area contributed by atoms with Crippen molar-refractivity contribution >= 4 is 5.91 Å². The molecule has 1 saturated heterocycles. The smallest absolute Gasteiger partial charge is 0.257 e. The Labute approximate surface area is 112 Å². The van der Waals surface area contributed by atoms with Gasteiger partial charge in [-0.2, -0.15) is 0 Å². The Bertz CT molecular complexity index is 514. The van der Waals surface area contributed by atoms with E-state index in [1.165, 1.54) is 12.3 Å². The summed E-state index contributed by atoms with van der Waals surface area (Å²) >= 11 is 0. The van der Waals surface area contributed by atoms with E-state index in [0.717, 1.165) is 18.7 Å². The fraction of sp³-hybridized carbons (Fsp3) is 0.571. The topological polar surface area (TPSA) is 74.0 Å². The van der Waals surface area contributed by atoms with Gasteiger partial charge in [0.15, 0.2) is 5.43 Å². The zero-order chi connectivity index (χ0) is 14.0. The minimum absolute atomic E-state index is 0.0574. The predicted molar refractivity (Wildman–Crippen MR) is 74.3 cm³/mol. The zero-order valence-electron chi connectivity index (χ0n) is 11.6. The summed E-state index contributed by atoms with van der Waals surface area (Å²) in [5.74, 6) is 0.110. The third kappa shape index (κ3) is 3.04. The van der Waals surface area contributed by atoms with E-state index in [0.29, 0.717) is 5.92 Å². The number of piperidine rings is 1. The van der Waals surface area contributed by atoms with Gasteiger partial charge in [-0.3, -0.25) is 9.59 Å². The average molecular weight is 263 g/mol. The first-order chi connectivity index (χ1) is 8.99. The molecule has 19 heavy (non-hydrogen) atoms. The van der Waals surface area contributed by atoms with Crippen molar-refractivity contribution < 1.29 is 4.79 Å². The molecule has 3 unspecified atom stereocenters. The van der Waals surface area contributed by atoms with E-state index in [9.17, 15) is 9.59 Å². The summed E-state index contributed by atoms with van der Waals surface area (Å²) in [6.07, 6.45) is 2.51. The van der Waals surface area contributed by atoms with Gasteiger partial charge in [0.1, 0.15) is 5.56 Å². The molecular formula is C14H21N3O2. The maximum absolute atomic E-state index is 12.2. The van der Waals surface area contributed by atoms with Gasteiger partial charge in [-0.1, -0.05) is 6.92 Å². The van der Waals surface area contributed by atoms with Crippen LogP contribution < -0.4 is 16.1 Å². The van der Waals surface area contributed by atoms with Gasteiger partial charge < -0.3 is 15.6 Å². The molecule has 1 aliphatic heterocycles. The van der Waals surface area contributed by atoms with Gasteiger partial charge in [0.2, 0.25) is 0 Å². The Morgan fingerprint density at radius 1 is 1.42 bits per heavy atom. The minimum atomic E-state index is -0.298. The first kappa shape index (κ1) is 13.8. The lowest BCUT2D eigenvalue weighted by Gasteiger charge is -2.35. The number of aromatic amines is 1. The molecule has 2 rings (SSSR count). The average Bonchev–Trinajstić information content (AvgIpc) is 2.33. The van der Waals surface area contributed by atoms with Gasteiger partial charge in [0.25, 0.3) is 5.91 Å². The molecule has 3 atom stereocenters. The van der Waals surface area contributed by atoms with Crippen molar-refractivity contribution in [1.29, 1.82) is 0 Å². The second kappa shape index (κ2) is 5.57. The van der Waals surface area contributed by atoms with E-state index in [4.69, 9.17) is 0 Å². The van der Waals surface area contributed by atoms with Crippen molar-refractivity contribution in [3.8, 4) is 0 Å². The van der Waals surface area contributed by atoms with Gasteiger partial charge in [-0.15, -0.1) is 0 Å². The van der Waals surface area contributed by atoms with Crippen molar-refractivity contribution in [2.45, 2.75) is 39.3 Å². The molecule has 0 bridgehead atoms. The lowest BCUT2D eigenvalue weighted by Crippen LogP contribution is -2.56. The minimum Gasteiger partial charge on any atom is -0.364 e. The standard InChI is InChI=1S/C14H21N3O2/c1-8-4-5-15-10(3)13(8)17-14(19)11-7-16-9(2)6-12(11)18/h6-8,10,13,15H,4-5H2,1-3H3,(H,16,18)(H,17,19). The normalized spacial score (nSPS) is 27.0. The van der Waals surface area contributed by atoms with Crippen LogP contribution in [0.2, 0.25) is 0 Å². The molecule has 0 aromatic carbocycles. The van der Waals surface area contributed by atoms with Crippen LogP contribution in [0.5, 0.6) is 0 Å². The number of aromatic nitrogens is 1. The van der Waals surface area contributed by atoms with E-state index in [-0.39, 0.29) is 29.0 Å². The van der Waals surface area contributed by atoms with Crippen LogP contribution in [0.25, 0.3) is 0 Å². The number of carbonyl (C=O) groups excluding carboxylic acids is 1. The van der Waals surface area contributed by atoms with Crippen LogP contribution in [-0.4, -0.2) is 29.5 Å². The van der Waals surface area contributed by atoms with E-state index in [1.807, 2.05) is 0 Å². The molecule has 1 aromatic rings. The van der Waals surface area contributed by atoms with Gasteiger partial charge >= 0.3 is 0 Å². The number of rotatable bonds is 2. The third-order valence-corrected chi connectivity index (χ3v) is 3.82. The highest BCUT2D eigenvalue weighted by Crippen LogP contribution is 2.16. The Balaban J connectivity index is 2.14. The SMILES string of the molecule is Cc1cc(=O)c(C(=O)NC2C(C)CCNC2C)c[nH]1. The lowest BCUT2D eigenvalue weighted by atomic mass is 9.89. The Hall–Kier alpha value is -1.62. The fourth-order valence-electron chi connectivity index (χ4n) is 2.59. The predicted octanol–water partition coefficient (Wildman–Crippen LogP) is 0.800. The molecule has 1 aromatic heterocycles. The number of hydrogen-bond acceptors (Lipinski definition) is 3. The van der Waals surface area contributed by atoms with Crippen LogP contribution >= 0.6 is 0 Å². The number of carbonyl (C=O) groups is 1. The molecule has 104 valence electrons. The molecule has 5 nitrogen and oxygen atoms in total. The van der Waals surface area contributed by atoms with Crippen LogP contribution in [-0.2, 0) is 0 Å². The molecule has 1 fully saturated rings. The van der Waals surface area contributed by atoms with Crippen molar-refractivity contribution in [1.82, 2.24) is 15.6 Å². The summed E-state index contributed by atoms with van der Waals surface area (Å²) in [6.45, 7) is 6.94. The van der Waals surface area contributed by atoms with E-state index < -0.39 is 0 Å². The zero-order valence-corrected chi connectivity index (χ0v) is 11.6. The van der Waals surface area contributed by atoms with Crippen molar-refractivity contribution in [3.05, 3.63) is 33.7 Å². The molecule has 0 aliphatic carbocycles. The molecule has 1 aliphatic rings. The number of nitrogens with one attached hydrogen (secondary N) is 3. The van der Waals surface area contributed by atoms with Crippen molar-refractivity contribution in [2.24, 2.45) is 5.92 Å². The highest BCUT2D eigenvalue weighted by atomic mass is 16.2. The summed E-state index contributed by atoms with van der Waals surface area (Å²) < 4.78 is 0. The summed E-state index contributed by atoms with van der Waals surface area (Å²) in [6, 6.07) is 1.72. The number of amides is 1. The van der Waals surface area contributed by atoms with Crippen LogP contribution in [0.15, 0.2) is 17.1 Å². The summed E-state index contributed by atoms with van der Waals surface area (Å²) in [4.78, 5) is 26.9. The lowest BCUT2D eigenvalue weighted by molar-refractivity contribution is 0.0896. The van der Waals surface area contributed by atoms with Crippen LogP contribution in [0.4, 0.5) is 0 Å². The Morgan fingerprint density at radius 3 is 2.79 bits per heavy atom. The number of H-pyrrole nitrogens is 1. The van der Waals surface area contributed by atoms with Crippen LogP contribution in [0.1, 0.15) is 36.3 Å². The monoisotopic (exact) mass is 263 g/mol. The molecular weight excluding hydrogens is 242 g/mol. The number of hydrogen-bond donors (Lipinski definition) is 3. The highest BCUT2D eigenvalue weighted by Gasteiger charge is 2.29. The van der Waals surface area contributed by atoms with Crippen LogP contribution in [0, 0.1) is 12.8 Å². The first-order valence-corrected chi connectivity index (χ1v) is 6.72. The quantitative estimate of drug-likeness (QED) is 0.739. The molecule has 1 amide bonds. The molecule has 3 N–H and O–H groups in total. The summed E-state index contributed by atoms with van der Waals surface area (Å²) in [5.41, 5.74) is 0.691. The summed E-state index contributed by atoms with van der Waals surface area (Å²) in [5, 5.41) is 6.32. The molecule has 0 saturated carbocycles. The van der Waals surface area contributed by atoms with Crippen molar-refractivity contribution in [2.75, 3.05) is 6.54 Å². The van der Waals surface area contributed by atoms with Gasteiger partial charge in [0, 0.05) is 30.0 Å². The second-order valence-corrected chi connectivity index (χ2v) is 5.40. The van der Waals surface area contributed by atoms with Gasteiger partial charge in [-0.25, -0.2) is 0 Å². The Morgan fingerprint density at radius 2 is 2.16 bits per heavy atom. The summed E-state index contributed by atoms with van der Waals surface area (Å²) in [7, 11) is 0. The van der Waals surface area contributed by atoms with Gasteiger partial charge in [0.05, 0.1) is 0 Å². The number of aryl methyl sites for hydroxylation is 1. The maximum Gasteiger partial charge on any atom is 0.257 e. The largest absolute Gasteiger partial charge is 0.364 e. The molecule has 0 spiro atoms. The number of pyridine rings is 1. The van der Waals surface area contributed by atoms with Crippen molar-refractivity contribution in [3.63, 3.8) is 0 Å². The van der Waals surface area contributed by atoms with E-state index in [2.05, 4.69) is 29.5 Å². The molecule has 5 heteroatoms. The van der Waals surface area contributed by atoms with Gasteiger partial charge in [-0.05, 0) is 32.7 Å². The van der Waals surface area contributed by atoms with Crippen LogP contribution in [0.3, 0.4) is 0 Å². The van der Waals surface area contributed by atoms with E-state index >= 15 is 0 Å². The molecule has 2 heterocycles. The first-order valence-electron chi connectivity index (χ1n) is 6.72. The maximum atomic E-state index is 12.2. The van der Waals surface area contributed by atoms with E-state index in [1.54, 1.807) is 6.92 Å². The second-order valence-electron chi connectivity index (χ2n) is 5.40. The Kier molecular flexibility index (Phi) is 4.04.